The first-order valence-electron chi connectivity index (χ1n) is 8.96. The van der Waals surface area contributed by atoms with E-state index >= 15 is 0 Å². The van der Waals surface area contributed by atoms with Crippen molar-refractivity contribution in [3.63, 3.8) is 0 Å². The van der Waals surface area contributed by atoms with Gasteiger partial charge in [0.15, 0.2) is 0 Å². The first-order valence-corrected chi connectivity index (χ1v) is 8.96. The second-order valence-electron chi connectivity index (χ2n) is 6.28. The number of methoxy groups -OCH3 is 2. The zero-order valence-corrected chi connectivity index (χ0v) is 14.9. The van der Waals surface area contributed by atoms with E-state index < -0.39 is 0 Å². The molecule has 0 aromatic heterocycles. The Balaban J connectivity index is 2.20. The summed E-state index contributed by atoms with van der Waals surface area (Å²) in [6.45, 7) is 6.60. The van der Waals surface area contributed by atoms with Gasteiger partial charge in [0.25, 0.3) is 0 Å². The minimum Gasteiger partial charge on any atom is -0.497 e. The molecule has 4 nitrogen and oxygen atoms in total. The molecule has 4 heteroatoms. The van der Waals surface area contributed by atoms with Crippen LogP contribution in [-0.2, 0) is 0 Å². The fourth-order valence-corrected chi connectivity index (χ4v) is 3.31. The molecule has 0 aliphatic carbocycles. The Kier molecular flexibility index (Phi) is 7.69. The van der Waals surface area contributed by atoms with E-state index in [0.29, 0.717) is 6.04 Å². The maximum atomic E-state index is 5.63. The SMILES string of the molecule is CCCCNCC(c1cc(OC)ccc1OC)N1CCCCC1. The molecule has 1 aromatic carbocycles. The van der Waals surface area contributed by atoms with Crippen LogP contribution in [0.4, 0.5) is 0 Å². The van der Waals surface area contributed by atoms with Crippen LogP contribution in [0.2, 0.25) is 0 Å². The molecule has 0 spiro atoms. The van der Waals surface area contributed by atoms with E-state index in [4.69, 9.17) is 9.47 Å². The molecule has 130 valence electrons. The highest BCUT2D eigenvalue weighted by Crippen LogP contribution is 2.33. The predicted molar refractivity (Wildman–Crippen MR) is 95.5 cm³/mol. The molecular weight excluding hydrogens is 288 g/mol. The number of likely N-dealkylation sites (tertiary alicyclic amines) is 1. The average molecular weight is 320 g/mol. The van der Waals surface area contributed by atoms with Gasteiger partial charge in [-0.05, 0) is 57.1 Å². The highest BCUT2D eigenvalue weighted by atomic mass is 16.5. The average Bonchev–Trinajstić information content (AvgIpc) is 2.62. The smallest absolute Gasteiger partial charge is 0.123 e. The van der Waals surface area contributed by atoms with Crippen LogP contribution in [0.5, 0.6) is 11.5 Å². The van der Waals surface area contributed by atoms with Gasteiger partial charge < -0.3 is 14.8 Å². The van der Waals surface area contributed by atoms with E-state index in [9.17, 15) is 0 Å². The summed E-state index contributed by atoms with van der Waals surface area (Å²) in [6.07, 6.45) is 6.38. The number of nitrogens with one attached hydrogen (secondary N) is 1. The van der Waals surface area contributed by atoms with Crippen LogP contribution in [0.15, 0.2) is 18.2 Å². The molecule has 0 bridgehead atoms. The zero-order valence-electron chi connectivity index (χ0n) is 14.9. The molecule has 23 heavy (non-hydrogen) atoms. The molecule has 1 aliphatic rings. The third-order valence-electron chi connectivity index (χ3n) is 4.67. The number of unbranched alkanes of at least 4 members (excludes halogenated alkanes) is 1. The Morgan fingerprint density at radius 3 is 2.57 bits per heavy atom. The number of benzene rings is 1. The number of hydrogen-bond acceptors (Lipinski definition) is 4. The van der Waals surface area contributed by atoms with E-state index in [1.165, 1.54) is 50.8 Å². The van der Waals surface area contributed by atoms with Crippen molar-refractivity contribution in [1.29, 1.82) is 0 Å². The summed E-state index contributed by atoms with van der Waals surface area (Å²) in [4.78, 5) is 2.60. The Labute approximate surface area is 141 Å². The molecule has 1 unspecified atom stereocenters. The zero-order chi connectivity index (χ0) is 16.5. The van der Waals surface area contributed by atoms with Gasteiger partial charge in [0.1, 0.15) is 11.5 Å². The lowest BCUT2D eigenvalue weighted by Crippen LogP contribution is -2.39. The first kappa shape index (κ1) is 18.1. The molecule has 1 heterocycles. The normalized spacial score (nSPS) is 17.0. The summed E-state index contributed by atoms with van der Waals surface area (Å²) in [5.74, 6) is 1.86. The molecule has 1 atom stereocenters. The number of piperidine rings is 1. The topological polar surface area (TPSA) is 33.7 Å². The molecule has 1 aromatic rings. The molecule has 1 N–H and O–H groups in total. The predicted octanol–water partition coefficient (Wildman–Crippen LogP) is 3.62. The van der Waals surface area contributed by atoms with E-state index in [0.717, 1.165) is 24.6 Å². The van der Waals surface area contributed by atoms with Crippen molar-refractivity contribution >= 4 is 0 Å². The highest BCUT2D eigenvalue weighted by molar-refractivity contribution is 5.42. The molecular formula is C19H32N2O2. The van der Waals surface area contributed by atoms with Crippen molar-refractivity contribution in [2.24, 2.45) is 0 Å². The third kappa shape index (κ3) is 5.11. The van der Waals surface area contributed by atoms with Crippen molar-refractivity contribution in [2.45, 2.75) is 45.1 Å². The summed E-state index contributed by atoms with van der Waals surface area (Å²) < 4.78 is 11.1. The minimum absolute atomic E-state index is 0.345. The molecule has 0 amide bonds. The van der Waals surface area contributed by atoms with Crippen molar-refractivity contribution in [1.82, 2.24) is 10.2 Å². The number of ether oxygens (including phenoxy) is 2. The highest BCUT2D eigenvalue weighted by Gasteiger charge is 2.25. The van der Waals surface area contributed by atoms with E-state index in [2.05, 4.69) is 23.2 Å². The van der Waals surface area contributed by atoms with E-state index in [-0.39, 0.29) is 0 Å². The Morgan fingerprint density at radius 2 is 1.91 bits per heavy atom. The second kappa shape index (κ2) is 9.78. The molecule has 0 radical (unpaired) electrons. The minimum atomic E-state index is 0.345. The van der Waals surface area contributed by atoms with E-state index in [1.54, 1.807) is 14.2 Å². The fourth-order valence-electron chi connectivity index (χ4n) is 3.31. The van der Waals surface area contributed by atoms with Gasteiger partial charge in [-0.1, -0.05) is 19.8 Å². The number of nitrogens with zero attached hydrogens (tertiary/aromatic N) is 1. The van der Waals surface area contributed by atoms with Gasteiger partial charge in [-0.25, -0.2) is 0 Å². The number of rotatable bonds is 9. The second-order valence-corrected chi connectivity index (χ2v) is 6.28. The lowest BCUT2D eigenvalue weighted by Gasteiger charge is -2.35. The van der Waals surface area contributed by atoms with E-state index in [1.807, 2.05) is 12.1 Å². The largest absolute Gasteiger partial charge is 0.497 e. The quantitative estimate of drug-likeness (QED) is 0.705. The van der Waals surface area contributed by atoms with Gasteiger partial charge >= 0.3 is 0 Å². The summed E-state index contributed by atoms with van der Waals surface area (Å²) in [7, 11) is 3.48. The third-order valence-corrected chi connectivity index (χ3v) is 4.67. The Morgan fingerprint density at radius 1 is 1.13 bits per heavy atom. The van der Waals surface area contributed by atoms with Gasteiger partial charge in [0, 0.05) is 12.1 Å². The van der Waals surface area contributed by atoms with Gasteiger partial charge in [0.05, 0.1) is 20.3 Å². The summed E-state index contributed by atoms with van der Waals surface area (Å²) in [6, 6.07) is 6.48. The lowest BCUT2D eigenvalue weighted by molar-refractivity contribution is 0.157. The number of hydrogen-bond donors (Lipinski definition) is 1. The van der Waals surface area contributed by atoms with Gasteiger partial charge in [0.2, 0.25) is 0 Å². The maximum Gasteiger partial charge on any atom is 0.123 e. The van der Waals surface area contributed by atoms with Crippen LogP contribution < -0.4 is 14.8 Å². The van der Waals surface area contributed by atoms with Gasteiger partial charge in [-0.2, -0.15) is 0 Å². The van der Waals surface area contributed by atoms with Crippen LogP contribution in [-0.4, -0.2) is 45.3 Å². The van der Waals surface area contributed by atoms with Gasteiger partial charge in [-0.3, -0.25) is 4.90 Å². The van der Waals surface area contributed by atoms with Gasteiger partial charge in [-0.15, -0.1) is 0 Å². The van der Waals surface area contributed by atoms with Crippen LogP contribution >= 0.6 is 0 Å². The molecule has 2 rings (SSSR count). The first-order chi connectivity index (χ1) is 11.3. The molecule has 1 aliphatic heterocycles. The molecule has 0 saturated carbocycles. The monoisotopic (exact) mass is 320 g/mol. The fraction of sp³-hybridized carbons (Fsp3) is 0.684. The summed E-state index contributed by atoms with van der Waals surface area (Å²) in [5, 5.41) is 3.63. The molecule has 1 fully saturated rings. The Bertz CT molecular complexity index is 459. The van der Waals surface area contributed by atoms with Crippen molar-refractivity contribution in [3.8, 4) is 11.5 Å². The van der Waals surface area contributed by atoms with Crippen LogP contribution in [0.1, 0.15) is 50.6 Å². The van der Waals surface area contributed by atoms with Crippen molar-refractivity contribution < 1.29 is 9.47 Å². The summed E-state index contributed by atoms with van der Waals surface area (Å²) in [5.41, 5.74) is 1.23. The Hall–Kier alpha value is -1.26. The van der Waals surface area contributed by atoms with Crippen molar-refractivity contribution in [2.75, 3.05) is 40.4 Å². The van der Waals surface area contributed by atoms with Crippen LogP contribution in [0.3, 0.4) is 0 Å². The lowest BCUT2D eigenvalue weighted by atomic mass is 10.00. The van der Waals surface area contributed by atoms with Crippen molar-refractivity contribution in [3.05, 3.63) is 23.8 Å². The summed E-state index contributed by atoms with van der Waals surface area (Å²) >= 11 is 0. The maximum absolute atomic E-state index is 5.63. The molecule has 1 saturated heterocycles. The standard InChI is InChI=1S/C19H32N2O2/c1-4-5-11-20-15-18(21-12-7-6-8-13-21)17-14-16(22-2)9-10-19(17)23-3/h9-10,14,18,20H,4-8,11-13,15H2,1-3H3. The van der Waals surface area contributed by atoms with Crippen LogP contribution in [0, 0.1) is 0 Å². The van der Waals surface area contributed by atoms with Crippen LogP contribution in [0.25, 0.3) is 0 Å².